The Hall–Kier alpha value is -2.07. The van der Waals surface area contributed by atoms with E-state index in [0.29, 0.717) is 0 Å². The van der Waals surface area contributed by atoms with Crippen molar-refractivity contribution in [2.24, 2.45) is 5.14 Å². The van der Waals surface area contributed by atoms with Crippen molar-refractivity contribution in [1.29, 1.82) is 0 Å². The summed E-state index contributed by atoms with van der Waals surface area (Å²) in [5.74, 6) is -1.61. The number of aromatic nitrogens is 1. The fourth-order valence-corrected chi connectivity index (χ4v) is 2.55. The molecule has 0 aliphatic rings. The van der Waals surface area contributed by atoms with Crippen LogP contribution >= 0.6 is 0 Å². The van der Waals surface area contributed by atoms with E-state index in [1.165, 1.54) is 0 Å². The number of nitrogens with zero attached hydrogens (tertiary/aromatic N) is 1. The van der Waals surface area contributed by atoms with Crippen molar-refractivity contribution < 1.29 is 31.4 Å². The molecule has 0 aliphatic heterocycles. The topological polar surface area (TPSA) is 103 Å². The molecular weight excluding hydrogens is 301 g/mol. The van der Waals surface area contributed by atoms with Crippen molar-refractivity contribution in [3.8, 4) is 11.5 Å². The molecule has 108 valence electrons. The first kappa shape index (κ1) is 14.3. The minimum atomic E-state index is -5.11. The second-order valence-corrected chi connectivity index (χ2v) is 5.21. The normalized spacial score (nSPS) is 12.6. The van der Waals surface area contributed by atoms with Gasteiger partial charge < -0.3 is 9.84 Å². The molecule has 0 atom stereocenters. The summed E-state index contributed by atoms with van der Waals surface area (Å²) in [5.41, 5.74) is -0.0384. The summed E-state index contributed by atoms with van der Waals surface area (Å²) in [7, 11) is -4.58. The maximum absolute atomic E-state index is 12.3. The van der Waals surface area contributed by atoms with Gasteiger partial charge in [0.25, 0.3) is 0 Å². The number of fused-ring (bicyclic) bond motifs is 1. The van der Waals surface area contributed by atoms with Crippen molar-refractivity contribution in [1.82, 2.24) is 4.98 Å². The molecule has 0 aliphatic carbocycles. The minimum Gasteiger partial charge on any atom is -0.507 e. The van der Waals surface area contributed by atoms with Crippen LogP contribution in [0.5, 0.6) is 11.5 Å². The Kier molecular flexibility index (Phi) is 3.22. The predicted octanol–water partition coefficient (Wildman–Crippen LogP) is 1.49. The predicted molar refractivity (Wildman–Crippen MR) is 61.5 cm³/mol. The summed E-state index contributed by atoms with van der Waals surface area (Å²) in [6.45, 7) is 0. The van der Waals surface area contributed by atoms with Gasteiger partial charge in [-0.2, -0.15) is 0 Å². The van der Waals surface area contributed by atoms with E-state index in [2.05, 4.69) is 9.72 Å². The van der Waals surface area contributed by atoms with Gasteiger partial charge in [-0.3, -0.25) is 4.98 Å². The summed E-state index contributed by atoms with van der Waals surface area (Å²) in [6.07, 6.45) is -3.94. The molecule has 2 rings (SSSR count). The molecule has 2 aromatic rings. The number of halogens is 3. The number of aromatic hydroxyl groups is 1. The van der Waals surface area contributed by atoms with Crippen LogP contribution in [0.15, 0.2) is 29.3 Å². The van der Waals surface area contributed by atoms with Crippen LogP contribution in [0.2, 0.25) is 0 Å². The van der Waals surface area contributed by atoms with E-state index in [1.54, 1.807) is 0 Å². The molecule has 1 aromatic heterocycles. The van der Waals surface area contributed by atoms with Gasteiger partial charge in [0.05, 0.1) is 10.9 Å². The van der Waals surface area contributed by atoms with Gasteiger partial charge in [-0.15, -0.1) is 13.2 Å². The zero-order valence-electron chi connectivity index (χ0n) is 9.55. The molecule has 20 heavy (non-hydrogen) atoms. The third-order valence-corrected chi connectivity index (χ3v) is 3.29. The number of alkyl halides is 3. The van der Waals surface area contributed by atoms with Crippen LogP contribution in [0.1, 0.15) is 0 Å². The van der Waals surface area contributed by atoms with Gasteiger partial charge >= 0.3 is 6.36 Å². The molecule has 0 radical (unpaired) electrons. The third kappa shape index (κ3) is 2.75. The lowest BCUT2D eigenvalue weighted by atomic mass is 10.2. The van der Waals surface area contributed by atoms with Crippen LogP contribution < -0.4 is 9.88 Å². The highest BCUT2D eigenvalue weighted by Gasteiger charge is 2.34. The van der Waals surface area contributed by atoms with Crippen LogP contribution in [-0.4, -0.2) is 24.9 Å². The summed E-state index contributed by atoms with van der Waals surface area (Å²) >= 11 is 0. The molecule has 1 aromatic carbocycles. The lowest BCUT2D eigenvalue weighted by molar-refractivity contribution is -0.275. The third-order valence-electron chi connectivity index (χ3n) is 2.31. The standard InChI is InChI=1S/C10H7F3N2O4S/c11-10(12,13)19-7-2-1-5-8(6(16)3-4-15-5)9(7)20(14,17)18/h1-4H,(H,15,16)(H2,14,17,18). The average Bonchev–Trinajstić information content (AvgIpc) is 2.26. The number of ether oxygens (including phenoxy) is 1. The molecule has 1 heterocycles. The molecule has 10 heteroatoms. The largest absolute Gasteiger partial charge is 0.573 e. The first-order valence-corrected chi connectivity index (χ1v) is 6.53. The quantitative estimate of drug-likeness (QED) is 0.875. The second-order valence-electron chi connectivity index (χ2n) is 3.71. The van der Waals surface area contributed by atoms with Crippen LogP contribution in [0, 0.1) is 0 Å². The Labute approximate surface area is 110 Å². The zero-order chi connectivity index (χ0) is 15.1. The van der Waals surface area contributed by atoms with Crippen molar-refractivity contribution in [3.63, 3.8) is 0 Å². The van der Waals surface area contributed by atoms with E-state index in [0.717, 1.165) is 24.4 Å². The van der Waals surface area contributed by atoms with Gasteiger partial charge in [0.1, 0.15) is 16.4 Å². The Bertz CT molecular complexity index is 774. The molecule has 3 N–H and O–H groups in total. The van der Waals surface area contributed by atoms with Crippen LogP contribution in [-0.2, 0) is 10.0 Å². The molecule has 0 bridgehead atoms. The Morgan fingerprint density at radius 3 is 2.45 bits per heavy atom. The lowest BCUT2D eigenvalue weighted by Gasteiger charge is -2.14. The number of pyridine rings is 1. The second kappa shape index (κ2) is 4.49. The monoisotopic (exact) mass is 308 g/mol. The van der Waals surface area contributed by atoms with E-state index in [-0.39, 0.29) is 5.52 Å². The Morgan fingerprint density at radius 2 is 1.90 bits per heavy atom. The SMILES string of the molecule is NS(=O)(=O)c1c(OC(F)(F)F)ccc2nccc(O)c12. The van der Waals surface area contributed by atoms with Crippen LogP contribution in [0.4, 0.5) is 13.2 Å². The highest BCUT2D eigenvalue weighted by molar-refractivity contribution is 7.89. The summed E-state index contributed by atoms with van der Waals surface area (Å²) in [4.78, 5) is 2.76. The molecule has 0 saturated heterocycles. The van der Waals surface area contributed by atoms with Crippen molar-refractivity contribution in [3.05, 3.63) is 24.4 Å². The minimum absolute atomic E-state index is 0.0384. The van der Waals surface area contributed by atoms with E-state index >= 15 is 0 Å². The number of rotatable bonds is 2. The van der Waals surface area contributed by atoms with Crippen molar-refractivity contribution in [2.75, 3.05) is 0 Å². The van der Waals surface area contributed by atoms with Crippen molar-refractivity contribution in [2.45, 2.75) is 11.3 Å². The molecule has 0 unspecified atom stereocenters. The highest BCUT2D eigenvalue weighted by Crippen LogP contribution is 2.37. The summed E-state index contributed by atoms with van der Waals surface area (Å²) < 4.78 is 63.4. The smallest absolute Gasteiger partial charge is 0.507 e. The molecular formula is C10H7F3N2O4S. The molecule has 0 amide bonds. The van der Waals surface area contributed by atoms with Gasteiger partial charge in [-0.05, 0) is 18.2 Å². The van der Waals surface area contributed by atoms with E-state index in [4.69, 9.17) is 5.14 Å². The number of hydrogen-bond donors (Lipinski definition) is 2. The maximum Gasteiger partial charge on any atom is 0.573 e. The summed E-state index contributed by atoms with van der Waals surface area (Å²) in [5, 5.41) is 14.1. The van der Waals surface area contributed by atoms with Gasteiger partial charge in [0.2, 0.25) is 10.0 Å². The molecule has 0 saturated carbocycles. The number of sulfonamides is 1. The highest BCUT2D eigenvalue weighted by atomic mass is 32.2. The van der Waals surface area contributed by atoms with E-state index in [9.17, 15) is 26.7 Å². The fourth-order valence-electron chi connectivity index (χ4n) is 1.67. The van der Waals surface area contributed by atoms with Crippen molar-refractivity contribution >= 4 is 20.9 Å². The first-order valence-electron chi connectivity index (χ1n) is 4.99. The fraction of sp³-hybridized carbons (Fsp3) is 0.100. The van der Waals surface area contributed by atoms with Gasteiger partial charge in [-0.1, -0.05) is 0 Å². The first-order chi connectivity index (χ1) is 9.09. The number of benzene rings is 1. The van der Waals surface area contributed by atoms with Gasteiger partial charge in [0, 0.05) is 6.20 Å². The molecule has 0 fully saturated rings. The van der Waals surface area contributed by atoms with Crippen LogP contribution in [0.25, 0.3) is 10.9 Å². The molecule has 0 spiro atoms. The van der Waals surface area contributed by atoms with E-state index < -0.39 is 38.2 Å². The lowest BCUT2D eigenvalue weighted by Crippen LogP contribution is -2.21. The maximum atomic E-state index is 12.3. The summed E-state index contributed by atoms with van der Waals surface area (Å²) in [6, 6.07) is 2.86. The Balaban J connectivity index is 2.87. The Morgan fingerprint density at radius 1 is 1.25 bits per heavy atom. The van der Waals surface area contributed by atoms with Gasteiger partial charge in [-0.25, -0.2) is 13.6 Å². The number of hydrogen-bond acceptors (Lipinski definition) is 5. The van der Waals surface area contributed by atoms with Gasteiger partial charge in [0.15, 0.2) is 0 Å². The average molecular weight is 308 g/mol. The molecule has 6 nitrogen and oxygen atoms in total. The number of nitrogens with two attached hydrogens (primary N) is 1. The number of primary sulfonamides is 1. The van der Waals surface area contributed by atoms with Crippen LogP contribution in [0.3, 0.4) is 0 Å². The van der Waals surface area contributed by atoms with E-state index in [1.807, 2.05) is 0 Å². The zero-order valence-corrected chi connectivity index (χ0v) is 10.4.